The summed E-state index contributed by atoms with van der Waals surface area (Å²) in [6.07, 6.45) is -4.76. The van der Waals surface area contributed by atoms with Crippen molar-refractivity contribution in [3.63, 3.8) is 0 Å². The van der Waals surface area contributed by atoms with Crippen LogP contribution in [0.2, 0.25) is 18.1 Å². The minimum absolute atomic E-state index is 0.0878. The predicted octanol–water partition coefficient (Wildman–Crippen LogP) is 5.50. The zero-order chi connectivity index (χ0) is 28.3. The number of benzene rings is 2. The van der Waals surface area contributed by atoms with Crippen molar-refractivity contribution in [1.82, 2.24) is 10.2 Å². The van der Waals surface area contributed by atoms with E-state index in [1.165, 1.54) is 11.9 Å². The Labute approximate surface area is 225 Å². The molecule has 1 aliphatic heterocycles. The summed E-state index contributed by atoms with van der Waals surface area (Å²) in [6.45, 7) is 12.0. The number of halogens is 2. The second kappa shape index (κ2) is 12.0. The average Bonchev–Trinajstić information content (AvgIpc) is 2.86. The summed E-state index contributed by atoms with van der Waals surface area (Å²) < 4.78 is 42.5. The number of hydrogen-bond donors (Lipinski definition) is 1. The lowest BCUT2D eigenvalue weighted by molar-refractivity contribution is -0.171. The van der Waals surface area contributed by atoms with Crippen LogP contribution in [0.15, 0.2) is 60.7 Å². The highest BCUT2D eigenvalue weighted by atomic mass is 28.4. The van der Waals surface area contributed by atoms with Crippen LogP contribution in [0.3, 0.4) is 0 Å². The Kier molecular flexibility index (Phi) is 9.49. The third-order valence-electron chi connectivity index (χ3n) is 7.90. The van der Waals surface area contributed by atoms with Crippen molar-refractivity contribution in [2.75, 3.05) is 7.05 Å². The van der Waals surface area contributed by atoms with E-state index in [0.29, 0.717) is 5.56 Å². The van der Waals surface area contributed by atoms with Gasteiger partial charge < -0.3 is 14.5 Å². The highest BCUT2D eigenvalue weighted by Crippen LogP contribution is 2.43. The van der Waals surface area contributed by atoms with E-state index in [1.54, 1.807) is 37.3 Å². The predicted molar refractivity (Wildman–Crippen MR) is 147 cm³/mol. The number of rotatable bonds is 8. The number of ether oxygens (including phenoxy) is 1. The smallest absolute Gasteiger partial charge is 0.338 e. The van der Waals surface area contributed by atoms with E-state index in [2.05, 4.69) is 26.1 Å². The zero-order valence-electron chi connectivity index (χ0n) is 23.3. The largest absolute Gasteiger partial charge is 0.454 e. The number of carbonyl (C=O) groups excluding carboxylic acids is 2. The summed E-state index contributed by atoms with van der Waals surface area (Å²) in [5.74, 6) is -1.87. The Morgan fingerprint density at radius 3 is 2.05 bits per heavy atom. The number of esters is 1. The van der Waals surface area contributed by atoms with Crippen molar-refractivity contribution in [2.24, 2.45) is 5.92 Å². The van der Waals surface area contributed by atoms with Crippen molar-refractivity contribution < 1.29 is 27.5 Å². The quantitative estimate of drug-likeness (QED) is 0.350. The molecule has 1 aliphatic rings. The van der Waals surface area contributed by atoms with E-state index >= 15 is 0 Å². The third-order valence-corrected chi connectivity index (χ3v) is 12.4. The Bertz CT molecular complexity index is 1080. The molecule has 0 bridgehead atoms. The molecule has 0 spiro atoms. The van der Waals surface area contributed by atoms with Gasteiger partial charge in [0.15, 0.2) is 14.4 Å². The second-order valence-corrected chi connectivity index (χ2v) is 16.2. The maximum absolute atomic E-state index is 14.8. The summed E-state index contributed by atoms with van der Waals surface area (Å²) in [4.78, 5) is 28.2. The number of alkyl halides is 2. The van der Waals surface area contributed by atoms with Gasteiger partial charge in [0.25, 0.3) is 6.43 Å². The molecule has 2 aromatic rings. The van der Waals surface area contributed by atoms with Gasteiger partial charge >= 0.3 is 5.97 Å². The molecule has 1 saturated heterocycles. The molecule has 0 aliphatic carbocycles. The van der Waals surface area contributed by atoms with Gasteiger partial charge in [0.2, 0.25) is 5.91 Å². The number of carbonyl (C=O) groups is 2. The summed E-state index contributed by atoms with van der Waals surface area (Å²) in [5, 5.41) is 2.39. The normalized spacial score (nSPS) is 24.7. The number of hydrogen-bond acceptors (Lipinski definition) is 5. The van der Waals surface area contributed by atoms with Gasteiger partial charge in [-0.2, -0.15) is 0 Å². The molecule has 38 heavy (non-hydrogen) atoms. The Morgan fingerprint density at radius 1 is 1.00 bits per heavy atom. The van der Waals surface area contributed by atoms with Crippen LogP contribution in [-0.4, -0.2) is 62.9 Å². The fraction of sp³-hybridized carbons (Fsp3) is 0.517. The number of amides is 1. The Hall–Kier alpha value is -2.62. The van der Waals surface area contributed by atoms with Gasteiger partial charge in [0.05, 0.1) is 17.7 Å². The van der Waals surface area contributed by atoms with E-state index < -0.39 is 56.8 Å². The van der Waals surface area contributed by atoms with Crippen LogP contribution in [0.25, 0.3) is 0 Å². The lowest BCUT2D eigenvalue weighted by Crippen LogP contribution is -2.70. The minimum Gasteiger partial charge on any atom is -0.454 e. The van der Waals surface area contributed by atoms with Crippen LogP contribution in [0.4, 0.5) is 8.78 Å². The lowest BCUT2D eigenvalue weighted by atomic mass is 9.81. The number of likely N-dealkylation sites (tertiary alicyclic amines) is 1. The first kappa shape index (κ1) is 29.9. The first-order chi connectivity index (χ1) is 17.8. The molecule has 0 saturated carbocycles. The molecule has 0 radical (unpaired) electrons. The van der Waals surface area contributed by atoms with Gasteiger partial charge in [-0.1, -0.05) is 76.2 Å². The fourth-order valence-corrected chi connectivity index (χ4v) is 6.14. The number of nitrogens with one attached hydrogen (secondary N) is 1. The van der Waals surface area contributed by atoms with Gasteiger partial charge in [-0.15, -0.1) is 0 Å². The number of nitrogens with zero attached hydrogens (tertiary/aromatic N) is 1. The van der Waals surface area contributed by atoms with Crippen LogP contribution >= 0.6 is 0 Å². The van der Waals surface area contributed by atoms with E-state index in [0.717, 1.165) is 5.56 Å². The molecule has 3 rings (SSSR count). The summed E-state index contributed by atoms with van der Waals surface area (Å²) in [6, 6.07) is 15.1. The fourth-order valence-electron chi connectivity index (χ4n) is 4.76. The van der Waals surface area contributed by atoms with Gasteiger partial charge in [-0.3, -0.25) is 9.69 Å². The highest BCUT2D eigenvalue weighted by molar-refractivity contribution is 6.74. The van der Waals surface area contributed by atoms with Gasteiger partial charge in [0.1, 0.15) is 6.04 Å². The first-order valence-electron chi connectivity index (χ1n) is 13.0. The molecule has 0 aromatic heterocycles. The van der Waals surface area contributed by atoms with Gasteiger partial charge in [-0.05, 0) is 35.8 Å². The SMILES string of the molecule is CNC(=O)[C@@H]1C(OC(=O)c2ccccc2)[C@@H](O[Si](C)(C)C(C)(C)C)[C@H](C)[C@@H](C(F)F)N1Cc1ccccc1. The van der Waals surface area contributed by atoms with Crippen molar-refractivity contribution >= 4 is 20.2 Å². The van der Waals surface area contributed by atoms with E-state index in [9.17, 15) is 18.4 Å². The average molecular weight is 547 g/mol. The molecule has 2 aromatic carbocycles. The molecule has 1 heterocycles. The van der Waals surface area contributed by atoms with Crippen LogP contribution in [0.1, 0.15) is 43.6 Å². The summed E-state index contributed by atoms with van der Waals surface area (Å²) >= 11 is 0. The van der Waals surface area contributed by atoms with Crippen molar-refractivity contribution in [3.8, 4) is 0 Å². The standard InChI is InChI=1S/C29H40F2N2O4Si/c1-19-22(26(30)31)33(18-20-14-10-8-11-15-20)23(27(34)32-5)25(24(19)37-38(6,7)29(2,3)4)36-28(35)21-16-12-9-13-17-21/h8-17,19,22-26H,18H2,1-7H3,(H,32,34)/t19-,22+,23+,24+,25?/m1/s1. The molecule has 5 atom stereocenters. The Morgan fingerprint density at radius 2 is 1.55 bits per heavy atom. The first-order valence-corrected chi connectivity index (χ1v) is 15.9. The van der Waals surface area contributed by atoms with Crippen molar-refractivity contribution in [2.45, 2.75) is 83.1 Å². The van der Waals surface area contributed by atoms with Gasteiger partial charge in [0, 0.05) is 19.5 Å². The van der Waals surface area contributed by atoms with Crippen LogP contribution < -0.4 is 5.32 Å². The zero-order valence-corrected chi connectivity index (χ0v) is 24.3. The molecule has 1 fully saturated rings. The van der Waals surface area contributed by atoms with E-state index in [4.69, 9.17) is 9.16 Å². The van der Waals surface area contributed by atoms with Crippen molar-refractivity contribution in [1.29, 1.82) is 0 Å². The van der Waals surface area contributed by atoms with Gasteiger partial charge in [-0.25, -0.2) is 13.6 Å². The molecule has 1 unspecified atom stereocenters. The molecule has 6 nitrogen and oxygen atoms in total. The van der Waals surface area contributed by atoms with Crippen LogP contribution in [0, 0.1) is 5.92 Å². The molecule has 208 valence electrons. The highest BCUT2D eigenvalue weighted by Gasteiger charge is 2.57. The molecule has 1 N–H and O–H groups in total. The minimum atomic E-state index is -2.75. The van der Waals surface area contributed by atoms with Crippen molar-refractivity contribution in [3.05, 3.63) is 71.8 Å². The number of likely N-dealkylation sites (N-methyl/N-ethyl adjacent to an activating group) is 1. The van der Waals surface area contributed by atoms with Crippen LogP contribution in [-0.2, 0) is 20.5 Å². The topological polar surface area (TPSA) is 67.9 Å². The molecular weight excluding hydrogens is 506 g/mol. The molecular formula is C29H40F2N2O4Si. The molecule has 1 amide bonds. The summed E-state index contributed by atoms with van der Waals surface area (Å²) in [7, 11) is -1.07. The van der Waals surface area contributed by atoms with E-state index in [1.807, 2.05) is 43.4 Å². The van der Waals surface area contributed by atoms with E-state index in [-0.39, 0.29) is 11.6 Å². The summed E-state index contributed by atoms with van der Waals surface area (Å²) in [5.41, 5.74) is 1.09. The second-order valence-electron chi connectivity index (χ2n) is 11.5. The third kappa shape index (κ3) is 6.50. The monoisotopic (exact) mass is 546 g/mol. The Balaban J connectivity index is 2.15. The lowest BCUT2D eigenvalue weighted by Gasteiger charge is -2.53. The maximum atomic E-state index is 14.8. The number of piperidine rings is 1. The van der Waals surface area contributed by atoms with Crippen LogP contribution in [0.5, 0.6) is 0 Å². The molecule has 9 heteroatoms. The maximum Gasteiger partial charge on any atom is 0.338 e.